The SMILES string of the molecule is CC(C)C(CN)c1csc(C2CCCS2)n1. The third kappa shape index (κ3) is 2.60. The summed E-state index contributed by atoms with van der Waals surface area (Å²) in [5.74, 6) is 2.30. The molecule has 1 saturated heterocycles. The first-order valence-corrected chi connectivity index (χ1v) is 7.92. The number of nitrogens with zero attached hydrogens (tertiary/aromatic N) is 1. The molecule has 0 aromatic carbocycles. The van der Waals surface area contributed by atoms with Crippen LogP contribution in [0.4, 0.5) is 0 Å². The van der Waals surface area contributed by atoms with Crippen LogP contribution in [0.3, 0.4) is 0 Å². The molecule has 0 aliphatic carbocycles. The summed E-state index contributed by atoms with van der Waals surface area (Å²) in [6, 6.07) is 0. The van der Waals surface area contributed by atoms with Gasteiger partial charge in [0.2, 0.25) is 0 Å². The average Bonchev–Trinajstić information content (AvgIpc) is 2.86. The zero-order valence-electron chi connectivity index (χ0n) is 9.98. The third-order valence-electron chi connectivity index (χ3n) is 3.18. The molecule has 2 nitrogen and oxygen atoms in total. The van der Waals surface area contributed by atoms with Gasteiger partial charge < -0.3 is 5.73 Å². The zero-order valence-corrected chi connectivity index (χ0v) is 11.6. The van der Waals surface area contributed by atoms with Gasteiger partial charge in [0, 0.05) is 17.8 Å². The fourth-order valence-electron chi connectivity index (χ4n) is 2.13. The van der Waals surface area contributed by atoms with Crippen molar-refractivity contribution in [2.24, 2.45) is 11.7 Å². The van der Waals surface area contributed by atoms with E-state index in [4.69, 9.17) is 10.7 Å². The van der Waals surface area contributed by atoms with Crippen molar-refractivity contribution in [1.82, 2.24) is 4.98 Å². The van der Waals surface area contributed by atoms with Crippen LogP contribution in [0.2, 0.25) is 0 Å². The molecular formula is C12H20N2S2. The van der Waals surface area contributed by atoms with Crippen molar-refractivity contribution >= 4 is 23.1 Å². The largest absolute Gasteiger partial charge is 0.330 e. The van der Waals surface area contributed by atoms with Gasteiger partial charge in [-0.05, 0) is 24.5 Å². The molecule has 0 radical (unpaired) electrons. The van der Waals surface area contributed by atoms with E-state index in [1.165, 1.54) is 29.3 Å². The molecule has 2 unspecified atom stereocenters. The van der Waals surface area contributed by atoms with E-state index in [1.807, 2.05) is 11.3 Å². The predicted molar refractivity (Wildman–Crippen MR) is 73.2 cm³/mol. The van der Waals surface area contributed by atoms with E-state index in [0.717, 1.165) is 0 Å². The fraction of sp³-hybridized carbons (Fsp3) is 0.750. The van der Waals surface area contributed by atoms with Gasteiger partial charge in [-0.2, -0.15) is 11.8 Å². The monoisotopic (exact) mass is 256 g/mol. The number of hydrogen-bond acceptors (Lipinski definition) is 4. The lowest BCUT2D eigenvalue weighted by Gasteiger charge is -2.16. The van der Waals surface area contributed by atoms with Crippen LogP contribution in [0.15, 0.2) is 5.38 Å². The Kier molecular flexibility index (Phi) is 4.27. The van der Waals surface area contributed by atoms with Gasteiger partial charge in [0.1, 0.15) is 5.01 Å². The number of nitrogens with two attached hydrogens (primary N) is 1. The lowest BCUT2D eigenvalue weighted by atomic mass is 9.93. The summed E-state index contributed by atoms with van der Waals surface area (Å²) in [6.07, 6.45) is 2.64. The van der Waals surface area contributed by atoms with Crippen LogP contribution in [0.25, 0.3) is 0 Å². The fourth-order valence-corrected chi connectivity index (χ4v) is 4.54. The van der Waals surface area contributed by atoms with Gasteiger partial charge in [-0.3, -0.25) is 0 Å². The molecule has 4 heteroatoms. The van der Waals surface area contributed by atoms with E-state index in [-0.39, 0.29) is 0 Å². The molecule has 2 N–H and O–H groups in total. The Morgan fingerprint density at radius 1 is 1.56 bits per heavy atom. The van der Waals surface area contributed by atoms with Crippen LogP contribution < -0.4 is 5.73 Å². The third-order valence-corrected chi connectivity index (χ3v) is 5.69. The molecule has 0 amide bonds. The van der Waals surface area contributed by atoms with Crippen molar-refractivity contribution in [3.63, 3.8) is 0 Å². The molecule has 2 rings (SSSR count). The average molecular weight is 256 g/mol. The number of rotatable bonds is 4. The lowest BCUT2D eigenvalue weighted by Crippen LogP contribution is -2.18. The number of aromatic nitrogens is 1. The van der Waals surface area contributed by atoms with Crippen molar-refractivity contribution in [3.05, 3.63) is 16.1 Å². The number of hydrogen-bond donors (Lipinski definition) is 1. The maximum Gasteiger partial charge on any atom is 0.106 e. The molecule has 1 aromatic heterocycles. The van der Waals surface area contributed by atoms with E-state index >= 15 is 0 Å². The van der Waals surface area contributed by atoms with Crippen LogP contribution in [0.5, 0.6) is 0 Å². The number of thioether (sulfide) groups is 1. The summed E-state index contributed by atoms with van der Waals surface area (Å²) in [5.41, 5.74) is 7.04. The lowest BCUT2D eigenvalue weighted by molar-refractivity contribution is 0.496. The Bertz CT molecular complexity index is 330. The Balaban J connectivity index is 2.11. The molecule has 2 heterocycles. The topological polar surface area (TPSA) is 38.9 Å². The van der Waals surface area contributed by atoms with Crippen molar-refractivity contribution in [3.8, 4) is 0 Å². The molecule has 0 spiro atoms. The first kappa shape index (κ1) is 12.4. The van der Waals surface area contributed by atoms with E-state index < -0.39 is 0 Å². The van der Waals surface area contributed by atoms with Crippen molar-refractivity contribution in [1.29, 1.82) is 0 Å². The van der Waals surface area contributed by atoms with Gasteiger partial charge >= 0.3 is 0 Å². The summed E-state index contributed by atoms with van der Waals surface area (Å²) in [7, 11) is 0. The summed E-state index contributed by atoms with van der Waals surface area (Å²) >= 11 is 3.87. The summed E-state index contributed by atoms with van der Waals surface area (Å²) < 4.78 is 0. The van der Waals surface area contributed by atoms with Crippen LogP contribution in [-0.4, -0.2) is 17.3 Å². The summed E-state index contributed by atoms with van der Waals surface area (Å²) in [5, 5.41) is 4.19. The predicted octanol–water partition coefficient (Wildman–Crippen LogP) is 3.41. The van der Waals surface area contributed by atoms with Gasteiger partial charge in [0.25, 0.3) is 0 Å². The van der Waals surface area contributed by atoms with Crippen molar-refractivity contribution in [2.75, 3.05) is 12.3 Å². The van der Waals surface area contributed by atoms with Crippen molar-refractivity contribution < 1.29 is 0 Å². The van der Waals surface area contributed by atoms with Crippen molar-refractivity contribution in [2.45, 2.75) is 37.9 Å². The normalized spacial score (nSPS) is 22.9. The molecule has 0 saturated carbocycles. The number of thiazole rings is 1. The molecular weight excluding hydrogens is 236 g/mol. The van der Waals surface area contributed by atoms with Gasteiger partial charge in [-0.25, -0.2) is 4.98 Å². The quantitative estimate of drug-likeness (QED) is 0.897. The Labute approximate surface area is 106 Å². The van der Waals surface area contributed by atoms with Gasteiger partial charge in [-0.15, -0.1) is 11.3 Å². The molecule has 1 fully saturated rings. The molecule has 1 aromatic rings. The Morgan fingerprint density at radius 2 is 2.38 bits per heavy atom. The van der Waals surface area contributed by atoms with Crippen LogP contribution in [0.1, 0.15) is 48.6 Å². The van der Waals surface area contributed by atoms with Crippen LogP contribution in [0, 0.1) is 5.92 Å². The molecule has 2 atom stereocenters. The Hall–Kier alpha value is -0.0600. The minimum Gasteiger partial charge on any atom is -0.330 e. The first-order chi connectivity index (χ1) is 7.72. The minimum atomic E-state index is 0.427. The van der Waals surface area contributed by atoms with Gasteiger partial charge in [-0.1, -0.05) is 13.8 Å². The van der Waals surface area contributed by atoms with Crippen LogP contribution in [-0.2, 0) is 0 Å². The molecule has 1 aliphatic heterocycles. The first-order valence-electron chi connectivity index (χ1n) is 5.99. The molecule has 1 aliphatic rings. The highest BCUT2D eigenvalue weighted by Crippen LogP contribution is 2.41. The van der Waals surface area contributed by atoms with E-state index in [0.29, 0.717) is 23.6 Å². The van der Waals surface area contributed by atoms with E-state index in [9.17, 15) is 0 Å². The second-order valence-electron chi connectivity index (χ2n) is 4.70. The maximum absolute atomic E-state index is 5.83. The zero-order chi connectivity index (χ0) is 11.5. The molecule has 0 bridgehead atoms. The Morgan fingerprint density at radius 3 is 2.94 bits per heavy atom. The van der Waals surface area contributed by atoms with Gasteiger partial charge in [0.15, 0.2) is 0 Å². The van der Waals surface area contributed by atoms with Crippen LogP contribution >= 0.6 is 23.1 Å². The second kappa shape index (κ2) is 5.52. The van der Waals surface area contributed by atoms with Gasteiger partial charge in [0.05, 0.1) is 10.9 Å². The minimum absolute atomic E-state index is 0.427. The highest BCUT2D eigenvalue weighted by Gasteiger charge is 2.23. The molecule has 90 valence electrons. The summed E-state index contributed by atoms with van der Waals surface area (Å²) in [4.78, 5) is 4.80. The standard InChI is InChI=1S/C12H20N2S2/c1-8(2)9(6-13)10-7-16-12(14-10)11-4-3-5-15-11/h7-9,11H,3-6,13H2,1-2H3. The smallest absolute Gasteiger partial charge is 0.106 e. The summed E-state index contributed by atoms with van der Waals surface area (Å²) in [6.45, 7) is 5.15. The molecule has 16 heavy (non-hydrogen) atoms. The highest BCUT2D eigenvalue weighted by atomic mass is 32.2. The highest BCUT2D eigenvalue weighted by molar-refractivity contribution is 7.99. The van der Waals surface area contributed by atoms with E-state index in [1.54, 1.807) is 0 Å². The second-order valence-corrected chi connectivity index (χ2v) is 6.90. The van der Waals surface area contributed by atoms with E-state index in [2.05, 4.69) is 31.0 Å². The maximum atomic E-state index is 5.83.